The van der Waals surface area contributed by atoms with E-state index in [-0.39, 0.29) is 161 Å². The van der Waals surface area contributed by atoms with E-state index in [1.165, 1.54) is 31.2 Å². The Labute approximate surface area is 501 Å². The molecule has 0 bridgehead atoms. The van der Waals surface area contributed by atoms with Gasteiger partial charge in [0.15, 0.2) is 16.6 Å². The van der Waals surface area contributed by atoms with Gasteiger partial charge >= 0.3 is 106 Å². The van der Waals surface area contributed by atoms with Crippen molar-refractivity contribution in [3.63, 3.8) is 0 Å². The topological polar surface area (TPSA) is 386 Å². The smallest absolute Gasteiger partial charge is 0.754 e. The molecule has 8 aromatic rings. The van der Waals surface area contributed by atoms with E-state index < -0.39 is 77.0 Å². The van der Waals surface area contributed by atoms with E-state index in [2.05, 4.69) is 47.1 Å². The molecule has 2 heterocycles. The Balaban J connectivity index is 0.00000241. The molecule has 2 aromatic heterocycles. The number of anilines is 4. The van der Waals surface area contributed by atoms with Crippen molar-refractivity contribution < 1.29 is 155 Å². The number of nitriles is 1. The number of hydrogen-bond acceptors (Lipinski definition) is 24. The van der Waals surface area contributed by atoms with E-state index in [9.17, 15) is 57.1 Å². The third-order valence-electron chi connectivity index (χ3n) is 9.82. The monoisotopic (exact) mass is 1110 g/mol. The van der Waals surface area contributed by atoms with Crippen LogP contribution in [0.15, 0.2) is 155 Å². The number of nitrogens with zero attached hydrogens (tertiary/aromatic N) is 7. The zero-order valence-corrected chi connectivity index (χ0v) is 45.2. The van der Waals surface area contributed by atoms with Crippen LogP contribution in [-0.2, 0) is 52.0 Å². The van der Waals surface area contributed by atoms with E-state index in [4.69, 9.17) is 8.42 Å². The Morgan fingerprint density at radius 3 is 1.67 bits per heavy atom. The molecule has 34 heteroatoms. The zero-order chi connectivity index (χ0) is 51.5. The molecule has 6 aromatic carbocycles. The molecule has 0 spiro atoms. The average Bonchev–Trinajstić information content (AvgIpc) is 3.72. The van der Waals surface area contributed by atoms with Gasteiger partial charge in [0.05, 0.1) is 31.2 Å². The summed E-state index contributed by atoms with van der Waals surface area (Å²) in [4.78, 5) is 6.43. The largest absolute Gasteiger partial charge is 1.00 e. The molecule has 0 saturated heterocycles. The standard InChI is InChI=1S/C42H28N9O12S5.5Li.O2S/c1-23-34(22-43)39(44-27-11-15-30(16-12-27)65(52,53)54)47-40(45-28-13-17-31(18-14-28)66(55,56)57)37(23)49-51-42-46-38(26-10-9-24-5-2-3-6-25(24)19-26)41(64-42)50-48-29-20-33-32(36(21-29)68(61,62)63)7-4-8-35(33)67(58,59)60;;;;;;1-3-2/h2-3,5-21H,1H3,(H2,44,45,47)(H,52,53,54)(H,55,56,57)(H,58,59,60)(H,61,62,63);;;;;;/q-1;5*+1;/p-4. The third kappa shape index (κ3) is 16.2. The summed E-state index contributed by atoms with van der Waals surface area (Å²) in [5.41, 5.74) is 0.849. The van der Waals surface area contributed by atoms with Crippen molar-refractivity contribution in [1.29, 1.82) is 5.26 Å². The number of azo groups is 2. The number of fused-ring (bicyclic) bond motifs is 2. The molecule has 0 atom stereocenters. The summed E-state index contributed by atoms with van der Waals surface area (Å²) in [5.74, 6) is -0.147. The van der Waals surface area contributed by atoms with Crippen LogP contribution < -0.4 is 105 Å². The fraction of sp³-hybridized carbons (Fsp3) is 0.0238. The number of hydrogen-bond donors (Lipinski definition) is 2. The number of thiazole rings is 1. The summed E-state index contributed by atoms with van der Waals surface area (Å²) in [6, 6.07) is 30.2. The van der Waals surface area contributed by atoms with Gasteiger partial charge in [0.25, 0.3) is 0 Å². The second kappa shape index (κ2) is 27.8. The van der Waals surface area contributed by atoms with Gasteiger partial charge in [-0.05, 0) is 89.3 Å². The first-order valence-corrected chi connectivity index (χ1v) is 26.4. The number of pyridine rings is 1. The Hall–Kier alpha value is -4.64. The Morgan fingerprint density at radius 1 is 0.605 bits per heavy atom. The Kier molecular flexibility index (Phi) is 24.7. The minimum absolute atomic E-state index is 0. The maximum Gasteiger partial charge on any atom is 1.00 e. The van der Waals surface area contributed by atoms with Crippen LogP contribution in [0.3, 0.4) is 0 Å². The molecule has 0 fully saturated rings. The van der Waals surface area contributed by atoms with Crippen molar-refractivity contribution in [1.82, 2.24) is 9.97 Å². The van der Waals surface area contributed by atoms with Gasteiger partial charge in [-0.15, -0.1) is 31.2 Å². The van der Waals surface area contributed by atoms with Gasteiger partial charge in [-0.3, -0.25) is 8.42 Å². The molecule has 23 nitrogen and oxygen atoms in total. The molecule has 76 heavy (non-hydrogen) atoms. The fourth-order valence-electron chi connectivity index (χ4n) is 6.66. The van der Waals surface area contributed by atoms with Gasteiger partial charge in [0.1, 0.15) is 47.8 Å². The molecule has 0 aliphatic carbocycles. The summed E-state index contributed by atoms with van der Waals surface area (Å²) in [5, 5.41) is 34.3. The Bertz CT molecular complexity index is 4080. The van der Waals surface area contributed by atoms with Crippen LogP contribution in [0.25, 0.3) is 32.8 Å². The van der Waals surface area contributed by atoms with Gasteiger partial charge in [-0.25, -0.2) is 35.2 Å². The van der Waals surface area contributed by atoms with Crippen LogP contribution in [0.4, 0.5) is 44.5 Å². The van der Waals surface area contributed by atoms with Crippen molar-refractivity contribution in [3.05, 3.63) is 132 Å². The van der Waals surface area contributed by atoms with Crippen LogP contribution in [0.5, 0.6) is 0 Å². The predicted octanol–water partition coefficient (Wildman–Crippen LogP) is -7.22. The number of nitrogens with one attached hydrogen (secondary N) is 2. The van der Waals surface area contributed by atoms with Gasteiger partial charge in [0.2, 0.25) is 5.13 Å². The number of aromatic nitrogens is 2. The summed E-state index contributed by atoms with van der Waals surface area (Å²) >= 11 is 0.0738. The van der Waals surface area contributed by atoms with Gasteiger partial charge in [-0.2, -0.15) is 31.9 Å². The molecule has 362 valence electrons. The summed E-state index contributed by atoms with van der Waals surface area (Å²) in [6.07, 6.45) is 0. The average molecular weight is 1110 g/mol. The van der Waals surface area contributed by atoms with Crippen LogP contribution in [0, 0.1) is 24.3 Å². The second-order valence-corrected chi connectivity index (χ2v) is 20.8. The molecular formula is C42H24Li5N9O14S6. The first kappa shape index (κ1) is 67.5. The van der Waals surface area contributed by atoms with Crippen molar-refractivity contribution in [2.45, 2.75) is 26.5 Å². The summed E-state index contributed by atoms with van der Waals surface area (Å²) in [7, 11) is -20.0. The van der Waals surface area contributed by atoms with Gasteiger partial charge in [-0.1, -0.05) is 47.7 Å². The second-order valence-electron chi connectivity index (χ2n) is 14.3. The molecule has 0 saturated carbocycles. The molecule has 0 aliphatic heterocycles. The van der Waals surface area contributed by atoms with Crippen LogP contribution in [0.2, 0.25) is 0 Å². The van der Waals surface area contributed by atoms with E-state index in [0.717, 1.165) is 70.6 Å². The quantitative estimate of drug-likeness (QED) is 0.0469. The van der Waals surface area contributed by atoms with Crippen molar-refractivity contribution in [2.24, 2.45) is 20.5 Å². The zero-order valence-electron chi connectivity index (χ0n) is 40.3. The molecule has 0 unspecified atom stereocenters. The summed E-state index contributed by atoms with van der Waals surface area (Å²) < 4.78 is 160. The maximum atomic E-state index is 12.4. The number of rotatable bonds is 13. The molecule has 0 amide bonds. The normalized spacial score (nSPS) is 11.4. The third-order valence-corrected chi connectivity index (χ3v) is 14.1. The molecule has 8 rings (SSSR count). The van der Waals surface area contributed by atoms with Crippen LogP contribution in [0.1, 0.15) is 11.1 Å². The van der Waals surface area contributed by atoms with E-state index >= 15 is 0 Å². The SMILES string of the molecule is Cc1c(C#N)c(Nc2ccc(S(=O)(=O)[O-])cc2)nc(Nc2ccc(S(=O)(=O)[O-])cc2)c1N=Nc1nc(-c2ccc3ccccc3c2)c(N=Nc2cc(S(=O)(=O)[O-])c3c[c-]cc(S(=O)(=O)[O-])c3c2)s1.O=S=O.[Li+].[Li+].[Li+].[Li+].[Li+]. The van der Waals surface area contributed by atoms with Crippen LogP contribution >= 0.6 is 11.3 Å². The maximum absolute atomic E-state index is 12.4. The van der Waals surface area contributed by atoms with E-state index in [1.807, 2.05) is 36.4 Å². The van der Waals surface area contributed by atoms with Gasteiger partial charge < -0.3 is 28.8 Å². The minimum Gasteiger partial charge on any atom is -0.754 e. The first-order valence-electron chi connectivity index (χ1n) is 19.2. The molecule has 2 N–H and O–H groups in total. The fourth-order valence-corrected chi connectivity index (χ4v) is 9.69. The molecule has 0 aliphatic rings. The molecule has 0 radical (unpaired) electrons. The number of benzene rings is 6. The minimum atomic E-state index is -5.27. The van der Waals surface area contributed by atoms with Crippen molar-refractivity contribution in [3.8, 4) is 17.3 Å². The Morgan fingerprint density at radius 2 is 1.14 bits per heavy atom. The molecular weight excluding hydrogens is 1080 g/mol. The first-order chi connectivity index (χ1) is 33.5. The van der Waals surface area contributed by atoms with Crippen molar-refractivity contribution >= 4 is 129 Å². The summed E-state index contributed by atoms with van der Waals surface area (Å²) in [6.45, 7) is 1.51. The van der Waals surface area contributed by atoms with Crippen molar-refractivity contribution in [2.75, 3.05) is 10.6 Å². The van der Waals surface area contributed by atoms with Gasteiger partial charge in [0, 0.05) is 27.4 Å². The van der Waals surface area contributed by atoms with E-state index in [0.29, 0.717) is 5.56 Å². The predicted molar refractivity (Wildman–Crippen MR) is 250 cm³/mol. The van der Waals surface area contributed by atoms with E-state index in [1.54, 1.807) is 12.1 Å². The van der Waals surface area contributed by atoms with Crippen LogP contribution in [-0.4, -0.2) is 70.3 Å².